The summed E-state index contributed by atoms with van der Waals surface area (Å²) in [5, 5.41) is 4.82. The molecule has 2 aliphatic heterocycles. The van der Waals surface area contributed by atoms with Gasteiger partial charge in [0.1, 0.15) is 6.10 Å². The van der Waals surface area contributed by atoms with E-state index in [1.807, 2.05) is 47.0 Å². The molecule has 5 rings (SSSR count). The van der Waals surface area contributed by atoms with Gasteiger partial charge in [0.05, 0.1) is 22.8 Å². The van der Waals surface area contributed by atoms with Gasteiger partial charge in [-0.3, -0.25) is 4.79 Å². The van der Waals surface area contributed by atoms with Crippen molar-refractivity contribution in [1.82, 2.24) is 14.7 Å². The molecule has 1 atom stereocenters. The summed E-state index contributed by atoms with van der Waals surface area (Å²) in [5.41, 5.74) is 4.78. The van der Waals surface area contributed by atoms with E-state index in [0.29, 0.717) is 29.3 Å². The zero-order chi connectivity index (χ0) is 20.0. The van der Waals surface area contributed by atoms with E-state index in [4.69, 9.17) is 16.3 Å². The molecule has 3 heterocycles. The zero-order valence-electron chi connectivity index (χ0n) is 16.3. The van der Waals surface area contributed by atoms with Crippen molar-refractivity contribution in [3.63, 3.8) is 0 Å². The number of carbonyl (C=O) groups excluding carboxylic acids is 1. The number of piperidine rings is 1. The Morgan fingerprint density at radius 1 is 1.28 bits per heavy atom. The second-order valence-electron chi connectivity index (χ2n) is 7.78. The maximum absolute atomic E-state index is 13.1. The molecule has 0 N–H and O–H groups in total. The monoisotopic (exact) mass is 407 g/mol. The number of halogens is 1. The minimum absolute atomic E-state index is 0.0272. The lowest BCUT2D eigenvalue weighted by Gasteiger charge is -2.29. The molecule has 148 valence electrons. The molecule has 1 amide bonds. The molecule has 6 heteroatoms. The molecule has 3 aromatic rings. The molecular formula is C23H22ClN3O2. The number of hydrogen-bond donors (Lipinski definition) is 0. The fraction of sp³-hybridized carbons (Fsp3) is 0.304. The highest BCUT2D eigenvalue weighted by Gasteiger charge is 2.34. The Kier molecular flexibility index (Phi) is 4.55. The second kappa shape index (κ2) is 7.23. The van der Waals surface area contributed by atoms with Gasteiger partial charge in [0.2, 0.25) is 0 Å². The van der Waals surface area contributed by atoms with Crippen molar-refractivity contribution >= 4 is 17.5 Å². The summed E-state index contributed by atoms with van der Waals surface area (Å²) in [6, 6.07) is 12.1. The highest BCUT2D eigenvalue weighted by atomic mass is 35.5. The molecule has 1 unspecified atom stereocenters. The van der Waals surface area contributed by atoms with Crippen molar-refractivity contribution in [3.8, 4) is 11.4 Å². The molecule has 5 nitrogen and oxygen atoms in total. The Morgan fingerprint density at radius 3 is 2.86 bits per heavy atom. The number of ether oxygens (including phenoxy) is 1. The van der Waals surface area contributed by atoms with E-state index in [1.165, 1.54) is 0 Å². The molecule has 0 saturated carbocycles. The molecule has 2 aliphatic rings. The van der Waals surface area contributed by atoms with Crippen molar-refractivity contribution in [2.45, 2.75) is 32.3 Å². The Morgan fingerprint density at radius 2 is 2.10 bits per heavy atom. The summed E-state index contributed by atoms with van der Waals surface area (Å²) in [6.07, 6.45) is 6.35. The van der Waals surface area contributed by atoms with Crippen LogP contribution < -0.4 is 4.74 Å². The van der Waals surface area contributed by atoms with Crippen molar-refractivity contribution in [2.24, 2.45) is 0 Å². The molecule has 1 aromatic heterocycles. The summed E-state index contributed by atoms with van der Waals surface area (Å²) >= 11 is 6.70. The van der Waals surface area contributed by atoms with Crippen LogP contribution in [-0.4, -0.2) is 39.8 Å². The third-order valence-corrected chi connectivity index (χ3v) is 6.31. The maximum atomic E-state index is 13.1. The first-order chi connectivity index (χ1) is 14.1. The van der Waals surface area contributed by atoms with Crippen LogP contribution in [0, 0.1) is 6.92 Å². The van der Waals surface area contributed by atoms with Crippen molar-refractivity contribution < 1.29 is 9.53 Å². The number of rotatable bonds is 3. The van der Waals surface area contributed by atoms with Gasteiger partial charge in [0.25, 0.3) is 5.91 Å². The van der Waals surface area contributed by atoms with Gasteiger partial charge in [-0.1, -0.05) is 23.7 Å². The van der Waals surface area contributed by atoms with Crippen LogP contribution >= 0.6 is 11.6 Å². The number of benzene rings is 2. The van der Waals surface area contributed by atoms with E-state index in [-0.39, 0.29) is 12.0 Å². The van der Waals surface area contributed by atoms with Gasteiger partial charge in [0.15, 0.2) is 5.75 Å². The van der Waals surface area contributed by atoms with Crippen LogP contribution in [0.2, 0.25) is 5.02 Å². The number of hydrogen-bond acceptors (Lipinski definition) is 3. The summed E-state index contributed by atoms with van der Waals surface area (Å²) in [4.78, 5) is 15.0. The fourth-order valence-corrected chi connectivity index (χ4v) is 4.47. The molecule has 0 spiro atoms. The van der Waals surface area contributed by atoms with E-state index in [1.54, 1.807) is 6.20 Å². The van der Waals surface area contributed by atoms with Crippen molar-refractivity contribution in [2.75, 3.05) is 13.1 Å². The van der Waals surface area contributed by atoms with Crippen LogP contribution in [-0.2, 0) is 6.42 Å². The third kappa shape index (κ3) is 3.29. The molecule has 29 heavy (non-hydrogen) atoms. The average molecular weight is 408 g/mol. The summed E-state index contributed by atoms with van der Waals surface area (Å²) in [6.45, 7) is 3.43. The van der Waals surface area contributed by atoms with Gasteiger partial charge in [0, 0.05) is 18.9 Å². The average Bonchev–Trinajstić information content (AvgIpc) is 3.26. The van der Waals surface area contributed by atoms with Crippen LogP contribution in [0.25, 0.3) is 5.69 Å². The number of amides is 1. The Bertz CT molecular complexity index is 1060. The molecule has 0 radical (unpaired) electrons. The standard InChI is InChI=1S/C23H22ClN3O2/c1-15-17(12-16-5-7-18(8-6-16)27-11-3-9-25-27)13-20-22(21(15)24)29-19-4-2-10-26(14-19)23(20)28/h3,5-9,11,13,19H,2,4,10,12,14H2,1H3. The van der Waals surface area contributed by atoms with Crippen molar-refractivity contribution in [1.29, 1.82) is 0 Å². The van der Waals surface area contributed by atoms with E-state index in [2.05, 4.69) is 17.2 Å². The predicted octanol–water partition coefficient (Wildman–Crippen LogP) is 4.42. The van der Waals surface area contributed by atoms with E-state index >= 15 is 0 Å². The number of nitrogens with zero attached hydrogens (tertiary/aromatic N) is 3. The first kappa shape index (κ1) is 18.3. The van der Waals surface area contributed by atoms with Crippen LogP contribution in [0.1, 0.15) is 39.9 Å². The van der Waals surface area contributed by atoms with Gasteiger partial charge in [-0.25, -0.2) is 4.68 Å². The number of fused-ring (bicyclic) bond motifs is 3. The van der Waals surface area contributed by atoms with Crippen LogP contribution in [0.15, 0.2) is 48.8 Å². The van der Waals surface area contributed by atoms with Gasteiger partial charge in [-0.2, -0.15) is 5.10 Å². The molecule has 2 bridgehead atoms. The Hall–Kier alpha value is -2.79. The lowest BCUT2D eigenvalue weighted by Crippen LogP contribution is -2.41. The molecule has 2 aromatic carbocycles. The normalized spacial score (nSPS) is 18.2. The van der Waals surface area contributed by atoms with Gasteiger partial charge >= 0.3 is 0 Å². The molecular weight excluding hydrogens is 386 g/mol. The largest absolute Gasteiger partial charge is 0.486 e. The predicted molar refractivity (Wildman–Crippen MR) is 112 cm³/mol. The van der Waals surface area contributed by atoms with Crippen LogP contribution in [0.4, 0.5) is 0 Å². The first-order valence-corrected chi connectivity index (χ1v) is 10.3. The van der Waals surface area contributed by atoms with E-state index in [9.17, 15) is 4.79 Å². The Labute approximate surface area is 174 Å². The van der Waals surface area contributed by atoms with Crippen LogP contribution in [0.3, 0.4) is 0 Å². The maximum Gasteiger partial charge on any atom is 0.257 e. The molecule has 1 fully saturated rings. The highest BCUT2D eigenvalue weighted by Crippen LogP contribution is 2.39. The molecule has 1 saturated heterocycles. The fourth-order valence-electron chi connectivity index (χ4n) is 4.20. The minimum atomic E-state index is 0.0272. The molecule has 0 aliphatic carbocycles. The minimum Gasteiger partial charge on any atom is -0.486 e. The number of carbonyl (C=O) groups is 1. The zero-order valence-corrected chi connectivity index (χ0v) is 17.0. The third-order valence-electron chi connectivity index (χ3n) is 5.85. The van der Waals surface area contributed by atoms with Crippen molar-refractivity contribution in [3.05, 3.63) is 76.1 Å². The summed E-state index contributed by atoms with van der Waals surface area (Å²) in [7, 11) is 0. The lowest BCUT2D eigenvalue weighted by molar-refractivity contribution is 0.0613. The SMILES string of the molecule is Cc1c(Cc2ccc(-n3cccn3)cc2)cc2c(c1Cl)OC1CCCN(C1)C2=O. The topological polar surface area (TPSA) is 47.4 Å². The lowest BCUT2D eigenvalue weighted by atomic mass is 9.96. The first-order valence-electron chi connectivity index (χ1n) is 9.97. The number of aromatic nitrogens is 2. The highest BCUT2D eigenvalue weighted by molar-refractivity contribution is 6.33. The smallest absolute Gasteiger partial charge is 0.257 e. The Balaban J connectivity index is 1.48. The van der Waals surface area contributed by atoms with Gasteiger partial charge < -0.3 is 9.64 Å². The van der Waals surface area contributed by atoms with E-state index < -0.39 is 0 Å². The summed E-state index contributed by atoms with van der Waals surface area (Å²) < 4.78 is 8.00. The van der Waals surface area contributed by atoms with Gasteiger partial charge in [-0.15, -0.1) is 0 Å². The quantitative estimate of drug-likeness (QED) is 0.645. The van der Waals surface area contributed by atoms with E-state index in [0.717, 1.165) is 41.8 Å². The van der Waals surface area contributed by atoms with Crippen LogP contribution in [0.5, 0.6) is 5.75 Å². The summed E-state index contributed by atoms with van der Waals surface area (Å²) in [5.74, 6) is 0.584. The van der Waals surface area contributed by atoms with Gasteiger partial charge in [-0.05, 0) is 67.1 Å². The second-order valence-corrected chi connectivity index (χ2v) is 8.16.